The molecule has 0 spiro atoms. The van der Waals surface area contributed by atoms with Gasteiger partial charge in [0.25, 0.3) is 0 Å². The molecule has 0 radical (unpaired) electrons. The van der Waals surface area contributed by atoms with Gasteiger partial charge >= 0.3 is 0 Å². The molecule has 0 bridgehead atoms. The van der Waals surface area contributed by atoms with E-state index in [1.165, 1.54) is 19.3 Å². The van der Waals surface area contributed by atoms with E-state index < -0.39 is 0 Å². The number of hydrogen-bond donors (Lipinski definition) is 0. The highest BCUT2D eigenvalue weighted by molar-refractivity contribution is 5.47. The summed E-state index contributed by atoms with van der Waals surface area (Å²) < 4.78 is 0. The van der Waals surface area contributed by atoms with Crippen molar-refractivity contribution in [1.82, 2.24) is 0 Å². The summed E-state index contributed by atoms with van der Waals surface area (Å²) in [5.41, 5.74) is 4.84. The quantitative estimate of drug-likeness (QED) is 0.506. The molecular formula is C12H12. The normalized spacial score (nSPS) is 25.0. The van der Waals surface area contributed by atoms with Gasteiger partial charge in [0, 0.05) is 5.92 Å². The zero-order chi connectivity index (χ0) is 7.97. The van der Waals surface area contributed by atoms with Crippen molar-refractivity contribution >= 4 is 0 Å². The summed E-state index contributed by atoms with van der Waals surface area (Å²) in [7, 11) is 0. The molecule has 12 heavy (non-hydrogen) atoms. The van der Waals surface area contributed by atoms with E-state index in [-0.39, 0.29) is 0 Å². The molecule has 0 aliphatic heterocycles. The maximum Gasteiger partial charge on any atom is 0.00572 e. The Hall–Kier alpha value is -1.04. The summed E-state index contributed by atoms with van der Waals surface area (Å²) >= 11 is 0. The Morgan fingerprint density at radius 1 is 1.17 bits per heavy atom. The van der Waals surface area contributed by atoms with E-state index in [1.54, 1.807) is 16.7 Å². The summed E-state index contributed by atoms with van der Waals surface area (Å²) in [4.78, 5) is 0. The summed E-state index contributed by atoms with van der Waals surface area (Å²) in [5, 5.41) is 0. The predicted octanol–water partition coefficient (Wildman–Crippen LogP) is 3.05. The Bertz CT molecular complexity index is 347. The number of rotatable bonds is 0. The Morgan fingerprint density at radius 2 is 2.08 bits per heavy atom. The number of hydrogen-bond acceptors (Lipinski definition) is 0. The third-order valence-electron chi connectivity index (χ3n) is 3.13. The Labute approximate surface area is 72.9 Å². The molecule has 0 heterocycles. The largest absolute Gasteiger partial charge is 0.0843 e. The van der Waals surface area contributed by atoms with Crippen LogP contribution in [0.4, 0.5) is 0 Å². The lowest BCUT2D eigenvalue weighted by Crippen LogP contribution is -1.88. The summed E-state index contributed by atoms with van der Waals surface area (Å²) in [6.07, 6.45) is 6.31. The highest BCUT2D eigenvalue weighted by Gasteiger charge is 2.28. The van der Waals surface area contributed by atoms with Gasteiger partial charge in [-0.25, -0.2) is 0 Å². The zero-order valence-electron chi connectivity index (χ0n) is 7.09. The molecule has 1 unspecified atom stereocenters. The molecule has 0 amide bonds. The number of allylic oxidation sites excluding steroid dienone is 2. The fourth-order valence-corrected chi connectivity index (χ4v) is 2.57. The first-order valence-electron chi connectivity index (χ1n) is 4.72. The van der Waals surface area contributed by atoms with Crippen molar-refractivity contribution in [3.8, 4) is 0 Å². The molecule has 0 heteroatoms. The van der Waals surface area contributed by atoms with Crippen LogP contribution in [0.1, 0.15) is 29.9 Å². The van der Waals surface area contributed by atoms with Gasteiger partial charge in [0.15, 0.2) is 0 Å². The number of fused-ring (bicyclic) bond motifs is 3. The van der Waals surface area contributed by atoms with E-state index >= 15 is 0 Å². The van der Waals surface area contributed by atoms with Crippen molar-refractivity contribution < 1.29 is 0 Å². The van der Waals surface area contributed by atoms with Gasteiger partial charge in [-0.05, 0) is 30.4 Å². The molecule has 1 atom stereocenters. The standard InChI is InChI=1S/C12H12/c1-2-6-11-9(4-1)8-10-5-3-7-12(10)11/h1-2,4-6,12H,3,7-8H2. The van der Waals surface area contributed by atoms with Crippen molar-refractivity contribution in [3.05, 3.63) is 47.0 Å². The van der Waals surface area contributed by atoms with Gasteiger partial charge in [-0.2, -0.15) is 0 Å². The van der Waals surface area contributed by atoms with Crippen LogP contribution in [0.3, 0.4) is 0 Å². The first-order valence-corrected chi connectivity index (χ1v) is 4.72. The van der Waals surface area contributed by atoms with Crippen LogP contribution in [0.5, 0.6) is 0 Å². The lowest BCUT2D eigenvalue weighted by atomic mass is 9.99. The molecule has 60 valence electrons. The van der Waals surface area contributed by atoms with E-state index in [1.807, 2.05) is 0 Å². The lowest BCUT2D eigenvalue weighted by molar-refractivity contribution is 0.790. The van der Waals surface area contributed by atoms with Crippen LogP contribution in [0.15, 0.2) is 35.9 Å². The molecule has 0 N–H and O–H groups in total. The average Bonchev–Trinajstić information content (AvgIpc) is 2.62. The molecular weight excluding hydrogens is 144 g/mol. The SMILES string of the molecule is C1=C2Cc3ccccc3C2CC1. The van der Waals surface area contributed by atoms with Crippen LogP contribution in [0.25, 0.3) is 0 Å². The van der Waals surface area contributed by atoms with Crippen LogP contribution >= 0.6 is 0 Å². The van der Waals surface area contributed by atoms with Crippen LogP contribution in [-0.4, -0.2) is 0 Å². The molecule has 0 fully saturated rings. The van der Waals surface area contributed by atoms with Gasteiger partial charge in [0.2, 0.25) is 0 Å². The van der Waals surface area contributed by atoms with E-state index in [0.717, 1.165) is 5.92 Å². The lowest BCUT2D eigenvalue weighted by Gasteiger charge is -2.05. The van der Waals surface area contributed by atoms with Crippen molar-refractivity contribution in [2.45, 2.75) is 25.2 Å². The first kappa shape index (κ1) is 6.47. The summed E-state index contributed by atoms with van der Waals surface area (Å²) in [6.45, 7) is 0. The minimum atomic E-state index is 0.793. The predicted molar refractivity (Wildman–Crippen MR) is 50.2 cm³/mol. The van der Waals surface area contributed by atoms with Crippen LogP contribution in [0, 0.1) is 0 Å². The van der Waals surface area contributed by atoms with Crippen LogP contribution in [0.2, 0.25) is 0 Å². The van der Waals surface area contributed by atoms with E-state index in [2.05, 4.69) is 30.3 Å². The van der Waals surface area contributed by atoms with E-state index in [4.69, 9.17) is 0 Å². The van der Waals surface area contributed by atoms with Gasteiger partial charge in [-0.15, -0.1) is 0 Å². The second kappa shape index (κ2) is 2.22. The zero-order valence-corrected chi connectivity index (χ0v) is 7.09. The maximum absolute atomic E-state index is 2.44. The fraction of sp³-hybridized carbons (Fsp3) is 0.333. The topological polar surface area (TPSA) is 0 Å². The molecule has 0 nitrogen and oxygen atoms in total. The van der Waals surface area contributed by atoms with Crippen LogP contribution in [-0.2, 0) is 6.42 Å². The minimum Gasteiger partial charge on any atom is -0.0843 e. The molecule has 1 aromatic rings. The first-order chi connectivity index (χ1) is 5.95. The molecule has 1 aromatic carbocycles. The Balaban J connectivity index is 2.17. The molecule has 2 aliphatic carbocycles. The second-order valence-corrected chi connectivity index (χ2v) is 3.78. The molecule has 0 aromatic heterocycles. The van der Waals surface area contributed by atoms with Gasteiger partial charge in [-0.1, -0.05) is 35.9 Å². The van der Waals surface area contributed by atoms with E-state index in [0.29, 0.717) is 0 Å². The van der Waals surface area contributed by atoms with Gasteiger partial charge in [0.05, 0.1) is 0 Å². The van der Waals surface area contributed by atoms with Crippen molar-refractivity contribution in [1.29, 1.82) is 0 Å². The fourth-order valence-electron chi connectivity index (χ4n) is 2.57. The second-order valence-electron chi connectivity index (χ2n) is 3.78. The Kier molecular flexibility index (Phi) is 1.20. The minimum absolute atomic E-state index is 0.793. The monoisotopic (exact) mass is 156 g/mol. The average molecular weight is 156 g/mol. The van der Waals surface area contributed by atoms with Crippen LogP contribution < -0.4 is 0 Å². The number of benzene rings is 1. The third kappa shape index (κ3) is 0.726. The highest BCUT2D eigenvalue weighted by Crippen LogP contribution is 2.44. The third-order valence-corrected chi connectivity index (χ3v) is 3.13. The molecule has 2 aliphatic rings. The van der Waals surface area contributed by atoms with Gasteiger partial charge < -0.3 is 0 Å². The Morgan fingerprint density at radius 3 is 3.08 bits per heavy atom. The van der Waals surface area contributed by atoms with Gasteiger partial charge in [0.1, 0.15) is 0 Å². The molecule has 3 rings (SSSR count). The van der Waals surface area contributed by atoms with Gasteiger partial charge in [-0.3, -0.25) is 0 Å². The van der Waals surface area contributed by atoms with Crippen molar-refractivity contribution in [2.75, 3.05) is 0 Å². The summed E-state index contributed by atoms with van der Waals surface area (Å²) in [5.74, 6) is 0.793. The highest BCUT2D eigenvalue weighted by atomic mass is 14.3. The van der Waals surface area contributed by atoms with E-state index in [9.17, 15) is 0 Å². The molecule has 0 saturated carbocycles. The maximum atomic E-state index is 2.44. The van der Waals surface area contributed by atoms with Crippen molar-refractivity contribution in [3.63, 3.8) is 0 Å². The van der Waals surface area contributed by atoms with Crippen molar-refractivity contribution in [2.24, 2.45) is 0 Å². The summed E-state index contributed by atoms with van der Waals surface area (Å²) in [6, 6.07) is 8.89. The molecule has 0 saturated heterocycles. The smallest absolute Gasteiger partial charge is 0.00572 e.